The van der Waals surface area contributed by atoms with Crippen molar-refractivity contribution in [2.75, 3.05) is 18.0 Å². The van der Waals surface area contributed by atoms with Gasteiger partial charge in [-0.05, 0) is 6.42 Å². The first-order valence-corrected chi connectivity index (χ1v) is 4.99. The van der Waals surface area contributed by atoms with Crippen molar-refractivity contribution in [2.45, 2.75) is 12.5 Å². The van der Waals surface area contributed by atoms with Crippen molar-refractivity contribution < 1.29 is 0 Å². The number of nitrogens with two attached hydrogens (primary N) is 1. The highest BCUT2D eigenvalue weighted by Crippen LogP contribution is 2.20. The molecule has 1 fully saturated rings. The molecule has 6 nitrogen and oxygen atoms in total. The van der Waals surface area contributed by atoms with E-state index in [-0.39, 0.29) is 6.04 Å². The first kappa shape index (κ1) is 8.60. The minimum atomic E-state index is 0.245. The highest BCUT2D eigenvalue weighted by Gasteiger charge is 2.22. The second-order valence-electron chi connectivity index (χ2n) is 3.77. The summed E-state index contributed by atoms with van der Waals surface area (Å²) >= 11 is 0. The average Bonchev–Trinajstić information content (AvgIpc) is 2.84. The Bertz CT molecular complexity index is 478. The van der Waals surface area contributed by atoms with Gasteiger partial charge in [0.2, 0.25) is 0 Å². The molecule has 15 heavy (non-hydrogen) atoms. The number of nitrogens with zero attached hydrogens (tertiary/aromatic N) is 5. The molecule has 0 radical (unpaired) electrons. The van der Waals surface area contributed by atoms with Gasteiger partial charge in [-0.3, -0.25) is 0 Å². The number of rotatable bonds is 1. The summed E-state index contributed by atoms with van der Waals surface area (Å²) in [6.07, 6.45) is 6.08. The molecule has 1 aliphatic rings. The molecule has 2 aromatic rings. The van der Waals surface area contributed by atoms with Gasteiger partial charge in [0.25, 0.3) is 0 Å². The third kappa shape index (κ3) is 1.33. The van der Waals surface area contributed by atoms with Crippen molar-refractivity contribution in [2.24, 2.45) is 5.73 Å². The zero-order valence-electron chi connectivity index (χ0n) is 8.24. The molecule has 0 amide bonds. The maximum absolute atomic E-state index is 5.87. The first-order valence-electron chi connectivity index (χ1n) is 4.99. The summed E-state index contributed by atoms with van der Waals surface area (Å²) in [7, 11) is 0. The van der Waals surface area contributed by atoms with Crippen LogP contribution < -0.4 is 10.6 Å². The molecule has 1 atom stereocenters. The van der Waals surface area contributed by atoms with Crippen LogP contribution in [0.5, 0.6) is 0 Å². The van der Waals surface area contributed by atoms with E-state index in [1.165, 1.54) is 6.33 Å². The van der Waals surface area contributed by atoms with Crippen LogP contribution in [0.2, 0.25) is 0 Å². The Morgan fingerprint density at radius 1 is 1.40 bits per heavy atom. The lowest BCUT2D eigenvalue weighted by Gasteiger charge is -2.16. The Morgan fingerprint density at radius 2 is 2.33 bits per heavy atom. The Balaban J connectivity index is 2.06. The van der Waals surface area contributed by atoms with Crippen LogP contribution in [-0.4, -0.2) is 38.7 Å². The van der Waals surface area contributed by atoms with E-state index in [2.05, 4.69) is 20.0 Å². The molecule has 0 aromatic carbocycles. The van der Waals surface area contributed by atoms with Crippen LogP contribution >= 0.6 is 0 Å². The fourth-order valence-corrected chi connectivity index (χ4v) is 1.95. The summed E-state index contributed by atoms with van der Waals surface area (Å²) in [5.41, 5.74) is 6.67. The molecule has 3 heterocycles. The number of anilines is 1. The summed E-state index contributed by atoms with van der Waals surface area (Å²) in [5.74, 6) is 0.878. The van der Waals surface area contributed by atoms with Crippen molar-refractivity contribution in [3.05, 3.63) is 18.7 Å². The molecule has 2 aromatic heterocycles. The van der Waals surface area contributed by atoms with Crippen LogP contribution in [0.3, 0.4) is 0 Å². The maximum atomic E-state index is 5.87. The van der Waals surface area contributed by atoms with E-state index in [4.69, 9.17) is 5.73 Å². The van der Waals surface area contributed by atoms with Crippen molar-refractivity contribution >= 4 is 11.5 Å². The molecule has 78 valence electrons. The van der Waals surface area contributed by atoms with Crippen molar-refractivity contribution in [3.8, 4) is 0 Å². The fraction of sp³-hybridized carbons (Fsp3) is 0.444. The normalized spacial score (nSPS) is 21.4. The minimum Gasteiger partial charge on any atom is -0.352 e. The third-order valence-corrected chi connectivity index (χ3v) is 2.70. The van der Waals surface area contributed by atoms with E-state index >= 15 is 0 Å². The SMILES string of the molecule is N[C@H]1CCN(c2nccn3ncnc23)C1. The monoisotopic (exact) mass is 204 g/mol. The zero-order chi connectivity index (χ0) is 10.3. The lowest BCUT2D eigenvalue weighted by atomic mass is 10.3. The Kier molecular flexibility index (Phi) is 1.81. The van der Waals surface area contributed by atoms with E-state index in [9.17, 15) is 0 Å². The summed E-state index contributed by atoms with van der Waals surface area (Å²) < 4.78 is 1.73. The Hall–Kier alpha value is -1.69. The molecule has 2 N–H and O–H groups in total. The van der Waals surface area contributed by atoms with Crippen LogP contribution in [0.25, 0.3) is 5.65 Å². The van der Waals surface area contributed by atoms with Crippen LogP contribution in [0.1, 0.15) is 6.42 Å². The van der Waals surface area contributed by atoms with Gasteiger partial charge in [-0.2, -0.15) is 5.10 Å². The van der Waals surface area contributed by atoms with Crippen LogP contribution in [0.4, 0.5) is 5.82 Å². The summed E-state index contributed by atoms with van der Waals surface area (Å²) in [6, 6.07) is 0.245. The highest BCUT2D eigenvalue weighted by molar-refractivity contribution is 5.63. The largest absolute Gasteiger partial charge is 0.352 e. The minimum absolute atomic E-state index is 0.245. The smallest absolute Gasteiger partial charge is 0.198 e. The van der Waals surface area contributed by atoms with Gasteiger partial charge in [0.15, 0.2) is 11.5 Å². The van der Waals surface area contributed by atoms with Gasteiger partial charge < -0.3 is 10.6 Å². The molecule has 0 spiro atoms. The Morgan fingerprint density at radius 3 is 3.13 bits per heavy atom. The third-order valence-electron chi connectivity index (χ3n) is 2.70. The number of aromatic nitrogens is 4. The second-order valence-corrected chi connectivity index (χ2v) is 3.77. The van der Waals surface area contributed by atoms with Crippen molar-refractivity contribution in [1.82, 2.24) is 19.6 Å². The molecule has 3 rings (SSSR count). The van der Waals surface area contributed by atoms with Crippen LogP contribution in [0.15, 0.2) is 18.7 Å². The van der Waals surface area contributed by atoms with Gasteiger partial charge in [-0.15, -0.1) is 0 Å². The van der Waals surface area contributed by atoms with Gasteiger partial charge in [-0.1, -0.05) is 0 Å². The number of hydrogen-bond donors (Lipinski definition) is 1. The van der Waals surface area contributed by atoms with E-state index in [0.29, 0.717) is 0 Å². The first-order chi connectivity index (χ1) is 7.34. The molecule has 0 bridgehead atoms. The Labute approximate surface area is 86.7 Å². The molecule has 6 heteroatoms. The summed E-state index contributed by atoms with van der Waals surface area (Å²) in [6.45, 7) is 1.79. The molecule has 1 saturated heterocycles. The van der Waals surface area contributed by atoms with E-state index < -0.39 is 0 Å². The van der Waals surface area contributed by atoms with Gasteiger partial charge in [0.1, 0.15) is 6.33 Å². The molecule has 0 aliphatic carbocycles. The topological polar surface area (TPSA) is 72.3 Å². The zero-order valence-corrected chi connectivity index (χ0v) is 8.24. The maximum Gasteiger partial charge on any atom is 0.198 e. The number of hydrogen-bond acceptors (Lipinski definition) is 5. The predicted octanol–water partition coefficient (Wildman–Crippen LogP) is -0.338. The summed E-state index contributed by atoms with van der Waals surface area (Å²) in [4.78, 5) is 10.7. The highest BCUT2D eigenvalue weighted by atomic mass is 15.3. The second kappa shape index (κ2) is 3.16. The van der Waals surface area contributed by atoms with E-state index in [0.717, 1.165) is 31.0 Å². The van der Waals surface area contributed by atoms with Crippen molar-refractivity contribution in [1.29, 1.82) is 0 Å². The van der Waals surface area contributed by atoms with Gasteiger partial charge in [0, 0.05) is 31.5 Å². The molecular weight excluding hydrogens is 192 g/mol. The average molecular weight is 204 g/mol. The molecular formula is C9H12N6. The lowest BCUT2D eigenvalue weighted by Crippen LogP contribution is -2.27. The van der Waals surface area contributed by atoms with Crippen LogP contribution in [0, 0.1) is 0 Å². The molecule has 1 aliphatic heterocycles. The van der Waals surface area contributed by atoms with E-state index in [1.807, 2.05) is 0 Å². The van der Waals surface area contributed by atoms with Gasteiger partial charge >= 0.3 is 0 Å². The predicted molar refractivity (Wildman–Crippen MR) is 55.6 cm³/mol. The summed E-state index contributed by atoms with van der Waals surface area (Å²) in [5, 5.41) is 4.08. The van der Waals surface area contributed by atoms with Gasteiger partial charge in [0.05, 0.1) is 0 Å². The standard InChI is InChI=1S/C9H12N6/c10-7-1-3-14(5-7)8-9-12-6-13-15(9)4-2-11-8/h2,4,6-7H,1,3,5,10H2/t7-/m0/s1. The quantitative estimate of drug-likeness (QED) is 0.688. The molecule has 0 saturated carbocycles. The van der Waals surface area contributed by atoms with Gasteiger partial charge in [-0.25, -0.2) is 14.5 Å². The number of fused-ring (bicyclic) bond motifs is 1. The van der Waals surface area contributed by atoms with Crippen molar-refractivity contribution in [3.63, 3.8) is 0 Å². The fourth-order valence-electron chi connectivity index (χ4n) is 1.95. The molecule has 0 unspecified atom stereocenters. The van der Waals surface area contributed by atoms with E-state index in [1.54, 1.807) is 16.9 Å². The van der Waals surface area contributed by atoms with Crippen LogP contribution in [-0.2, 0) is 0 Å². The lowest BCUT2D eigenvalue weighted by molar-refractivity contribution is 0.751.